The molecule has 0 aliphatic rings. The van der Waals surface area contributed by atoms with Crippen molar-refractivity contribution in [1.82, 2.24) is 4.98 Å². The Balaban J connectivity index is 2.37. The number of nitrogen functional groups attached to an aromatic ring is 1. The standard InChI is InChI=1S/C13H12N2O4/c1-7-8(3-5-19-7)6-10(16)9-2-4-15-12(14)11(9)13(17)18/h2-5H,6H2,1H3,(H2,14,15)(H,17,18). The number of furan rings is 1. The van der Waals surface area contributed by atoms with Gasteiger partial charge in [0.25, 0.3) is 0 Å². The molecule has 3 N–H and O–H groups in total. The maximum atomic E-state index is 12.2. The van der Waals surface area contributed by atoms with Crippen LogP contribution in [0.3, 0.4) is 0 Å². The van der Waals surface area contributed by atoms with Gasteiger partial charge in [-0.05, 0) is 19.1 Å². The number of hydrogen-bond donors (Lipinski definition) is 2. The SMILES string of the molecule is Cc1occc1CC(=O)c1ccnc(N)c1C(=O)O. The van der Waals surface area contributed by atoms with Crippen molar-refractivity contribution in [1.29, 1.82) is 0 Å². The molecule has 6 heteroatoms. The van der Waals surface area contributed by atoms with Crippen LogP contribution in [0.2, 0.25) is 0 Å². The molecule has 0 aliphatic heterocycles. The van der Waals surface area contributed by atoms with E-state index in [0.29, 0.717) is 5.76 Å². The summed E-state index contributed by atoms with van der Waals surface area (Å²) >= 11 is 0. The zero-order chi connectivity index (χ0) is 14.0. The maximum Gasteiger partial charge on any atom is 0.340 e. The van der Waals surface area contributed by atoms with Gasteiger partial charge in [0.15, 0.2) is 5.78 Å². The first-order valence-corrected chi connectivity index (χ1v) is 5.54. The molecule has 0 saturated heterocycles. The molecule has 2 rings (SSSR count). The zero-order valence-corrected chi connectivity index (χ0v) is 10.2. The van der Waals surface area contributed by atoms with Crippen LogP contribution in [-0.4, -0.2) is 21.8 Å². The van der Waals surface area contributed by atoms with E-state index in [0.717, 1.165) is 5.56 Å². The summed E-state index contributed by atoms with van der Waals surface area (Å²) in [6, 6.07) is 3.04. The van der Waals surface area contributed by atoms with Crippen molar-refractivity contribution in [3.8, 4) is 0 Å². The van der Waals surface area contributed by atoms with E-state index in [2.05, 4.69) is 4.98 Å². The predicted octanol–water partition coefficient (Wildman–Crippen LogP) is 1.69. The molecular weight excluding hydrogens is 248 g/mol. The zero-order valence-electron chi connectivity index (χ0n) is 10.2. The Labute approximate surface area is 108 Å². The first kappa shape index (κ1) is 12.8. The van der Waals surface area contributed by atoms with E-state index in [4.69, 9.17) is 15.3 Å². The monoisotopic (exact) mass is 260 g/mol. The minimum atomic E-state index is -1.27. The molecule has 0 aliphatic carbocycles. The Hall–Kier alpha value is -2.63. The Kier molecular flexibility index (Phi) is 3.33. The van der Waals surface area contributed by atoms with E-state index in [1.807, 2.05) is 0 Å². The van der Waals surface area contributed by atoms with E-state index in [1.165, 1.54) is 18.5 Å². The van der Waals surface area contributed by atoms with Gasteiger partial charge in [0.2, 0.25) is 0 Å². The first-order chi connectivity index (χ1) is 9.00. The number of carbonyl (C=O) groups excluding carboxylic acids is 1. The summed E-state index contributed by atoms with van der Waals surface area (Å²) in [5.41, 5.74) is 6.02. The van der Waals surface area contributed by atoms with Crippen LogP contribution in [0.25, 0.3) is 0 Å². The fraction of sp³-hybridized carbons (Fsp3) is 0.154. The number of nitrogens with two attached hydrogens (primary N) is 1. The highest BCUT2D eigenvalue weighted by molar-refractivity contribution is 6.08. The number of pyridine rings is 1. The molecule has 2 heterocycles. The van der Waals surface area contributed by atoms with Crippen LogP contribution >= 0.6 is 0 Å². The second kappa shape index (κ2) is 4.93. The highest BCUT2D eigenvalue weighted by Crippen LogP contribution is 2.18. The average Bonchev–Trinajstić information content (AvgIpc) is 2.74. The summed E-state index contributed by atoms with van der Waals surface area (Å²) in [5, 5.41) is 9.09. The van der Waals surface area contributed by atoms with Crippen LogP contribution in [0.4, 0.5) is 5.82 Å². The number of hydrogen-bond acceptors (Lipinski definition) is 5. The van der Waals surface area contributed by atoms with Gasteiger partial charge in [-0.15, -0.1) is 0 Å². The lowest BCUT2D eigenvalue weighted by Crippen LogP contribution is -2.14. The molecule has 0 radical (unpaired) electrons. The summed E-state index contributed by atoms with van der Waals surface area (Å²) in [6.07, 6.45) is 2.86. The number of ketones is 1. The molecule has 0 bridgehead atoms. The predicted molar refractivity (Wildman–Crippen MR) is 67.1 cm³/mol. The summed E-state index contributed by atoms with van der Waals surface area (Å²) < 4.78 is 5.10. The molecule has 98 valence electrons. The van der Waals surface area contributed by atoms with Crippen molar-refractivity contribution in [2.24, 2.45) is 0 Å². The van der Waals surface area contributed by atoms with Crippen LogP contribution in [0, 0.1) is 6.92 Å². The van der Waals surface area contributed by atoms with Gasteiger partial charge in [0.05, 0.1) is 6.26 Å². The summed E-state index contributed by atoms with van der Waals surface area (Å²) in [5.74, 6) is -1.14. The van der Waals surface area contributed by atoms with Gasteiger partial charge in [-0.1, -0.05) is 0 Å². The number of Topliss-reactive ketones (excluding diaryl/α,β-unsaturated/α-hetero) is 1. The number of rotatable bonds is 4. The summed E-state index contributed by atoms with van der Waals surface area (Å²) in [6.45, 7) is 1.74. The summed E-state index contributed by atoms with van der Waals surface area (Å²) in [4.78, 5) is 27.0. The summed E-state index contributed by atoms with van der Waals surface area (Å²) in [7, 11) is 0. The molecule has 2 aromatic rings. The van der Waals surface area contributed by atoms with Gasteiger partial charge in [0, 0.05) is 23.7 Å². The fourth-order valence-electron chi connectivity index (χ4n) is 1.80. The van der Waals surface area contributed by atoms with Crippen molar-refractivity contribution in [3.05, 3.63) is 47.0 Å². The molecule has 6 nitrogen and oxygen atoms in total. The molecular formula is C13H12N2O4. The number of aromatic nitrogens is 1. The van der Waals surface area contributed by atoms with Gasteiger partial charge < -0.3 is 15.3 Å². The molecule has 0 spiro atoms. The van der Waals surface area contributed by atoms with Crippen molar-refractivity contribution < 1.29 is 19.1 Å². The minimum absolute atomic E-state index is 0.0561. The van der Waals surface area contributed by atoms with E-state index >= 15 is 0 Å². The van der Waals surface area contributed by atoms with Crippen molar-refractivity contribution in [2.75, 3.05) is 5.73 Å². The Morgan fingerprint density at radius 2 is 2.16 bits per heavy atom. The van der Waals surface area contributed by atoms with Crippen molar-refractivity contribution in [2.45, 2.75) is 13.3 Å². The molecule has 19 heavy (non-hydrogen) atoms. The number of carboxylic acids is 1. The molecule has 0 aromatic carbocycles. The minimum Gasteiger partial charge on any atom is -0.478 e. The molecule has 0 saturated carbocycles. The van der Waals surface area contributed by atoms with Crippen molar-refractivity contribution >= 4 is 17.6 Å². The van der Waals surface area contributed by atoms with Gasteiger partial charge in [-0.25, -0.2) is 9.78 Å². The molecule has 0 fully saturated rings. The lowest BCUT2D eigenvalue weighted by molar-refractivity contribution is 0.0692. The Morgan fingerprint density at radius 1 is 1.42 bits per heavy atom. The molecule has 0 unspecified atom stereocenters. The highest BCUT2D eigenvalue weighted by Gasteiger charge is 2.21. The van der Waals surface area contributed by atoms with Gasteiger partial charge in [-0.2, -0.15) is 0 Å². The third-order valence-corrected chi connectivity index (χ3v) is 2.81. The van der Waals surface area contributed by atoms with E-state index in [-0.39, 0.29) is 29.1 Å². The van der Waals surface area contributed by atoms with E-state index in [9.17, 15) is 9.59 Å². The Morgan fingerprint density at radius 3 is 2.74 bits per heavy atom. The second-order valence-corrected chi connectivity index (χ2v) is 4.03. The first-order valence-electron chi connectivity index (χ1n) is 5.54. The molecule has 2 aromatic heterocycles. The average molecular weight is 260 g/mol. The van der Waals surface area contributed by atoms with Crippen molar-refractivity contribution in [3.63, 3.8) is 0 Å². The lowest BCUT2D eigenvalue weighted by atomic mass is 10.00. The maximum absolute atomic E-state index is 12.2. The van der Waals surface area contributed by atoms with Crippen LogP contribution < -0.4 is 5.73 Å². The van der Waals surface area contributed by atoms with Gasteiger partial charge >= 0.3 is 5.97 Å². The van der Waals surface area contributed by atoms with Crippen LogP contribution in [0.15, 0.2) is 29.0 Å². The quantitative estimate of drug-likeness (QED) is 0.810. The van der Waals surface area contributed by atoms with Crippen LogP contribution in [0.1, 0.15) is 32.0 Å². The van der Waals surface area contributed by atoms with Crippen LogP contribution in [0.5, 0.6) is 0 Å². The Bertz CT molecular complexity index is 646. The normalized spacial score (nSPS) is 10.4. The lowest BCUT2D eigenvalue weighted by Gasteiger charge is -2.06. The fourth-order valence-corrected chi connectivity index (χ4v) is 1.80. The molecule has 0 atom stereocenters. The van der Waals surface area contributed by atoms with Crippen LogP contribution in [-0.2, 0) is 6.42 Å². The third kappa shape index (κ3) is 2.47. The largest absolute Gasteiger partial charge is 0.478 e. The second-order valence-electron chi connectivity index (χ2n) is 4.03. The number of carbonyl (C=O) groups is 2. The number of aryl methyl sites for hydroxylation is 1. The smallest absolute Gasteiger partial charge is 0.340 e. The number of nitrogens with zero attached hydrogens (tertiary/aromatic N) is 1. The third-order valence-electron chi connectivity index (χ3n) is 2.81. The van der Waals surface area contributed by atoms with E-state index in [1.54, 1.807) is 13.0 Å². The molecule has 0 amide bonds. The topological polar surface area (TPSA) is 106 Å². The number of carboxylic acid groups (broad SMARTS) is 1. The van der Waals surface area contributed by atoms with Gasteiger partial charge in [-0.3, -0.25) is 4.79 Å². The number of anilines is 1. The van der Waals surface area contributed by atoms with E-state index < -0.39 is 5.97 Å². The number of aromatic carboxylic acids is 1. The van der Waals surface area contributed by atoms with Gasteiger partial charge in [0.1, 0.15) is 17.1 Å². The highest BCUT2D eigenvalue weighted by atomic mass is 16.4.